The van der Waals surface area contributed by atoms with Crippen molar-refractivity contribution in [1.82, 2.24) is 20.2 Å². The van der Waals surface area contributed by atoms with Gasteiger partial charge in [-0.3, -0.25) is 0 Å². The lowest BCUT2D eigenvalue weighted by atomic mass is 10.1. The van der Waals surface area contributed by atoms with Crippen molar-refractivity contribution < 1.29 is 14.6 Å². The monoisotopic (exact) mass is 274 g/mol. The van der Waals surface area contributed by atoms with E-state index in [1.54, 1.807) is 16.8 Å². The molecule has 7 heteroatoms. The van der Waals surface area contributed by atoms with Gasteiger partial charge in [0.2, 0.25) is 0 Å². The Kier molecular flexibility index (Phi) is 3.09. The Labute approximate surface area is 115 Å². The average molecular weight is 274 g/mol. The van der Waals surface area contributed by atoms with Crippen molar-refractivity contribution in [3.63, 3.8) is 0 Å². The number of hydrogen-bond acceptors (Lipinski definition) is 5. The maximum atomic E-state index is 11.2. The molecule has 0 atom stereocenters. The van der Waals surface area contributed by atoms with E-state index in [1.165, 1.54) is 0 Å². The van der Waals surface area contributed by atoms with E-state index >= 15 is 0 Å². The summed E-state index contributed by atoms with van der Waals surface area (Å²) in [6.45, 7) is 2.00. The molecule has 0 radical (unpaired) electrons. The first kappa shape index (κ1) is 12.6. The van der Waals surface area contributed by atoms with Gasteiger partial charge in [-0.25, -0.2) is 9.48 Å². The van der Waals surface area contributed by atoms with Crippen LogP contribution in [-0.4, -0.2) is 31.3 Å². The smallest absolute Gasteiger partial charge is 0.339 e. The number of carboxylic acids is 1. The molecule has 0 spiro atoms. The number of hydrogen-bond donors (Lipinski definition) is 1. The molecule has 0 bridgehead atoms. The molecule has 3 rings (SSSR count). The minimum absolute atomic E-state index is 0.149. The van der Waals surface area contributed by atoms with Gasteiger partial charge in [0.15, 0.2) is 5.82 Å². The van der Waals surface area contributed by atoms with Crippen LogP contribution in [0, 0.1) is 6.92 Å². The van der Waals surface area contributed by atoms with E-state index in [2.05, 4.69) is 15.5 Å². The summed E-state index contributed by atoms with van der Waals surface area (Å²) in [4.78, 5) is 11.2. The summed E-state index contributed by atoms with van der Waals surface area (Å²) in [7, 11) is 0. The molecule has 2 aromatic rings. The van der Waals surface area contributed by atoms with E-state index in [1.807, 2.05) is 13.0 Å². The fourth-order valence-corrected chi connectivity index (χ4v) is 1.99. The molecule has 0 saturated heterocycles. The fraction of sp³-hybridized carbons (Fsp3) is 0.385. The number of carbonyl (C=O) groups is 1. The van der Waals surface area contributed by atoms with Gasteiger partial charge in [0.1, 0.15) is 17.9 Å². The minimum Gasteiger partial charge on any atom is -0.485 e. The van der Waals surface area contributed by atoms with Crippen LogP contribution in [0.1, 0.15) is 40.6 Å². The second-order valence-electron chi connectivity index (χ2n) is 4.86. The second-order valence-corrected chi connectivity index (χ2v) is 4.86. The van der Waals surface area contributed by atoms with Crippen molar-refractivity contribution in [2.24, 2.45) is 0 Å². The van der Waals surface area contributed by atoms with Gasteiger partial charge in [-0.1, -0.05) is 11.6 Å². The quantitative estimate of drug-likeness (QED) is 0.890. The predicted octanol–water partition coefficient (Wildman–Crippen LogP) is 1.59. The molecular formula is C13H14N4O3. The summed E-state index contributed by atoms with van der Waals surface area (Å²) in [5, 5.41) is 20.6. The summed E-state index contributed by atoms with van der Waals surface area (Å²) in [6, 6.07) is 5.41. The van der Waals surface area contributed by atoms with Crippen molar-refractivity contribution in [2.45, 2.75) is 32.4 Å². The second kappa shape index (κ2) is 4.92. The van der Waals surface area contributed by atoms with Crippen LogP contribution < -0.4 is 4.74 Å². The number of aromatic carboxylic acids is 1. The van der Waals surface area contributed by atoms with Gasteiger partial charge in [0.25, 0.3) is 0 Å². The van der Waals surface area contributed by atoms with Crippen LogP contribution in [0.4, 0.5) is 0 Å². The maximum Gasteiger partial charge on any atom is 0.339 e. The van der Waals surface area contributed by atoms with Crippen molar-refractivity contribution in [2.75, 3.05) is 0 Å². The van der Waals surface area contributed by atoms with Crippen molar-refractivity contribution in [3.8, 4) is 5.75 Å². The Bertz CT molecular complexity index is 649. The van der Waals surface area contributed by atoms with E-state index < -0.39 is 5.97 Å². The third-order valence-electron chi connectivity index (χ3n) is 3.18. The van der Waals surface area contributed by atoms with Crippen molar-refractivity contribution in [3.05, 3.63) is 35.2 Å². The predicted molar refractivity (Wildman–Crippen MR) is 68.6 cm³/mol. The SMILES string of the molecule is Cc1ccc(OCc2nnnn2C2CC2)c(C(=O)O)c1. The summed E-state index contributed by atoms with van der Waals surface area (Å²) >= 11 is 0. The highest BCUT2D eigenvalue weighted by atomic mass is 16.5. The molecule has 1 saturated carbocycles. The number of rotatable bonds is 5. The number of aryl methyl sites for hydroxylation is 1. The normalized spacial score (nSPS) is 14.2. The topological polar surface area (TPSA) is 90.1 Å². The Morgan fingerprint density at radius 1 is 1.50 bits per heavy atom. The van der Waals surface area contributed by atoms with Gasteiger partial charge in [-0.05, 0) is 42.3 Å². The zero-order chi connectivity index (χ0) is 14.1. The molecular weight excluding hydrogens is 260 g/mol. The van der Waals surface area contributed by atoms with Crippen molar-refractivity contribution in [1.29, 1.82) is 0 Å². The lowest BCUT2D eigenvalue weighted by molar-refractivity contribution is 0.0691. The lowest BCUT2D eigenvalue weighted by Gasteiger charge is -2.09. The first-order chi connectivity index (χ1) is 9.65. The molecule has 104 valence electrons. The van der Waals surface area contributed by atoms with Crippen LogP contribution in [0.25, 0.3) is 0 Å². The highest BCUT2D eigenvalue weighted by molar-refractivity contribution is 5.91. The zero-order valence-corrected chi connectivity index (χ0v) is 11.0. The van der Waals surface area contributed by atoms with Gasteiger partial charge >= 0.3 is 5.97 Å². The number of nitrogens with zero attached hydrogens (tertiary/aromatic N) is 4. The molecule has 1 heterocycles. The number of carboxylic acid groups (broad SMARTS) is 1. The fourth-order valence-electron chi connectivity index (χ4n) is 1.99. The molecule has 1 N–H and O–H groups in total. The molecule has 7 nitrogen and oxygen atoms in total. The Morgan fingerprint density at radius 3 is 3.00 bits per heavy atom. The number of ether oxygens (including phenoxy) is 1. The first-order valence-electron chi connectivity index (χ1n) is 6.38. The molecule has 1 aliphatic carbocycles. The molecule has 0 unspecified atom stereocenters. The standard InChI is InChI=1S/C13H14N4O3/c1-8-2-5-11(10(6-8)13(18)19)20-7-12-14-15-16-17(12)9-3-4-9/h2,5-6,9H,3-4,7H2,1H3,(H,18,19). The number of benzene rings is 1. The minimum atomic E-state index is -1.01. The van der Waals surface area contributed by atoms with Crippen molar-refractivity contribution >= 4 is 5.97 Å². The highest BCUT2D eigenvalue weighted by Crippen LogP contribution is 2.34. The third-order valence-corrected chi connectivity index (χ3v) is 3.18. The maximum absolute atomic E-state index is 11.2. The lowest BCUT2D eigenvalue weighted by Crippen LogP contribution is -2.09. The van der Waals surface area contributed by atoms with Crippen LogP contribution in [0.5, 0.6) is 5.75 Å². The van der Waals surface area contributed by atoms with Crippen LogP contribution >= 0.6 is 0 Å². The van der Waals surface area contributed by atoms with Crippen LogP contribution in [0.2, 0.25) is 0 Å². The van der Waals surface area contributed by atoms with E-state index in [-0.39, 0.29) is 12.2 Å². The molecule has 0 aliphatic heterocycles. The summed E-state index contributed by atoms with van der Waals surface area (Å²) in [5.74, 6) is -0.0663. The molecule has 1 aromatic heterocycles. The summed E-state index contributed by atoms with van der Waals surface area (Å²) < 4.78 is 7.32. The molecule has 1 fully saturated rings. The molecule has 1 aliphatic rings. The molecule has 0 amide bonds. The summed E-state index contributed by atoms with van der Waals surface area (Å²) in [6.07, 6.45) is 2.14. The average Bonchev–Trinajstić information content (AvgIpc) is 3.16. The first-order valence-corrected chi connectivity index (χ1v) is 6.38. The molecule has 20 heavy (non-hydrogen) atoms. The molecule has 1 aromatic carbocycles. The zero-order valence-electron chi connectivity index (χ0n) is 11.0. The van der Waals surface area contributed by atoms with E-state index in [9.17, 15) is 9.90 Å². The van der Waals surface area contributed by atoms with E-state index in [4.69, 9.17) is 4.74 Å². The number of aromatic nitrogens is 4. The largest absolute Gasteiger partial charge is 0.485 e. The number of tetrazole rings is 1. The summed E-state index contributed by atoms with van der Waals surface area (Å²) in [5.41, 5.74) is 1.02. The Balaban J connectivity index is 1.78. The Hall–Kier alpha value is -2.44. The van der Waals surface area contributed by atoms with Gasteiger partial charge in [-0.15, -0.1) is 5.10 Å². The van der Waals surface area contributed by atoms with Crippen LogP contribution in [0.15, 0.2) is 18.2 Å². The van der Waals surface area contributed by atoms with Gasteiger partial charge in [-0.2, -0.15) is 0 Å². The van der Waals surface area contributed by atoms with Gasteiger partial charge in [0, 0.05) is 0 Å². The van der Waals surface area contributed by atoms with Crippen LogP contribution in [-0.2, 0) is 6.61 Å². The van der Waals surface area contributed by atoms with E-state index in [0.717, 1.165) is 18.4 Å². The third kappa shape index (κ3) is 2.47. The van der Waals surface area contributed by atoms with Crippen LogP contribution in [0.3, 0.4) is 0 Å². The van der Waals surface area contributed by atoms with E-state index in [0.29, 0.717) is 17.6 Å². The Morgan fingerprint density at radius 2 is 2.30 bits per heavy atom. The van der Waals surface area contributed by atoms with Gasteiger partial charge < -0.3 is 9.84 Å². The van der Waals surface area contributed by atoms with Gasteiger partial charge in [0.05, 0.1) is 6.04 Å². The highest BCUT2D eigenvalue weighted by Gasteiger charge is 2.28.